The second kappa shape index (κ2) is 5.20. The topological polar surface area (TPSA) is 30.7 Å². The fourth-order valence-corrected chi connectivity index (χ4v) is 3.09. The van der Waals surface area contributed by atoms with Crippen LogP contribution in [0.25, 0.3) is 0 Å². The van der Waals surface area contributed by atoms with Crippen molar-refractivity contribution in [2.75, 3.05) is 0 Å². The largest absolute Gasteiger partial charge is 0.301 e. The monoisotopic (exact) mass is 269 g/mol. The van der Waals surface area contributed by atoms with Gasteiger partial charge in [-0.05, 0) is 29.9 Å². The summed E-state index contributed by atoms with van der Waals surface area (Å²) in [6, 6.07) is 0. The molecule has 1 heterocycles. The SMILES string of the molecule is CC1CCCCC1Cn1c(Cl)nnc1C(C)(C)C. The molecule has 0 radical (unpaired) electrons. The Hall–Kier alpha value is -0.570. The van der Waals surface area contributed by atoms with Crippen LogP contribution in [0.15, 0.2) is 0 Å². The summed E-state index contributed by atoms with van der Waals surface area (Å²) in [6.45, 7) is 9.81. The Morgan fingerprint density at radius 3 is 2.50 bits per heavy atom. The van der Waals surface area contributed by atoms with Crippen LogP contribution in [0.2, 0.25) is 5.28 Å². The summed E-state index contributed by atoms with van der Waals surface area (Å²) >= 11 is 6.21. The van der Waals surface area contributed by atoms with E-state index in [2.05, 4.69) is 42.5 Å². The fourth-order valence-electron chi connectivity index (χ4n) is 2.90. The third-order valence-corrected chi connectivity index (χ3v) is 4.36. The molecule has 1 fully saturated rings. The molecule has 0 aromatic carbocycles. The second-order valence-electron chi connectivity index (χ2n) is 6.68. The molecule has 2 rings (SSSR count). The predicted molar refractivity (Wildman–Crippen MR) is 74.9 cm³/mol. The van der Waals surface area contributed by atoms with E-state index in [1.807, 2.05) is 0 Å². The van der Waals surface area contributed by atoms with Gasteiger partial charge in [-0.15, -0.1) is 10.2 Å². The van der Waals surface area contributed by atoms with Gasteiger partial charge in [0.25, 0.3) is 0 Å². The third-order valence-electron chi connectivity index (χ3n) is 4.08. The standard InChI is InChI=1S/C14H24ClN3/c1-10-7-5-6-8-11(10)9-18-12(14(2,3)4)16-17-13(18)15/h10-11H,5-9H2,1-4H3. The summed E-state index contributed by atoms with van der Waals surface area (Å²) < 4.78 is 2.12. The zero-order valence-corrected chi connectivity index (χ0v) is 12.7. The Bertz CT molecular complexity index is 406. The van der Waals surface area contributed by atoms with E-state index in [9.17, 15) is 0 Å². The second-order valence-corrected chi connectivity index (χ2v) is 7.01. The van der Waals surface area contributed by atoms with Gasteiger partial charge in [0.15, 0.2) is 0 Å². The maximum absolute atomic E-state index is 6.21. The van der Waals surface area contributed by atoms with Crippen LogP contribution in [-0.4, -0.2) is 14.8 Å². The van der Waals surface area contributed by atoms with Gasteiger partial charge in [0.05, 0.1) is 0 Å². The van der Waals surface area contributed by atoms with Gasteiger partial charge in [-0.25, -0.2) is 0 Å². The van der Waals surface area contributed by atoms with Gasteiger partial charge in [0, 0.05) is 12.0 Å². The summed E-state index contributed by atoms with van der Waals surface area (Å²) in [4.78, 5) is 0. The van der Waals surface area contributed by atoms with Crippen LogP contribution in [0.3, 0.4) is 0 Å². The maximum atomic E-state index is 6.21. The van der Waals surface area contributed by atoms with Crippen molar-refractivity contribution >= 4 is 11.6 Å². The Balaban J connectivity index is 2.20. The molecular weight excluding hydrogens is 246 g/mol. The molecule has 0 amide bonds. The average Bonchev–Trinajstić information content (AvgIpc) is 2.63. The van der Waals surface area contributed by atoms with Crippen molar-refractivity contribution in [1.29, 1.82) is 0 Å². The van der Waals surface area contributed by atoms with Crippen LogP contribution in [0.1, 0.15) is 59.2 Å². The van der Waals surface area contributed by atoms with Crippen LogP contribution >= 0.6 is 11.6 Å². The maximum Gasteiger partial charge on any atom is 0.225 e. The molecule has 0 spiro atoms. The summed E-state index contributed by atoms with van der Waals surface area (Å²) in [5, 5.41) is 8.85. The van der Waals surface area contributed by atoms with E-state index in [-0.39, 0.29) is 5.41 Å². The molecule has 0 bridgehead atoms. The van der Waals surface area contributed by atoms with E-state index < -0.39 is 0 Å². The quantitative estimate of drug-likeness (QED) is 0.811. The highest BCUT2D eigenvalue weighted by molar-refractivity contribution is 6.28. The molecule has 0 N–H and O–H groups in total. The van der Waals surface area contributed by atoms with E-state index in [4.69, 9.17) is 11.6 Å². The van der Waals surface area contributed by atoms with Gasteiger partial charge >= 0.3 is 0 Å². The molecule has 1 aromatic heterocycles. The predicted octanol–water partition coefficient (Wildman–Crippen LogP) is 4.06. The van der Waals surface area contributed by atoms with Gasteiger partial charge in [-0.2, -0.15) is 0 Å². The molecule has 4 heteroatoms. The van der Waals surface area contributed by atoms with Crippen LogP contribution in [0, 0.1) is 11.8 Å². The summed E-state index contributed by atoms with van der Waals surface area (Å²) in [7, 11) is 0. The number of hydrogen-bond acceptors (Lipinski definition) is 2. The molecule has 1 aliphatic carbocycles. The molecule has 3 nitrogen and oxygen atoms in total. The highest BCUT2D eigenvalue weighted by atomic mass is 35.5. The third kappa shape index (κ3) is 2.87. The molecule has 1 aromatic rings. The highest BCUT2D eigenvalue weighted by Gasteiger charge is 2.27. The molecule has 0 saturated heterocycles. The van der Waals surface area contributed by atoms with E-state index in [1.165, 1.54) is 25.7 Å². The Kier molecular flexibility index (Phi) is 4.00. The first kappa shape index (κ1) is 13.9. The minimum Gasteiger partial charge on any atom is -0.301 e. The average molecular weight is 270 g/mol. The number of nitrogens with zero attached hydrogens (tertiary/aromatic N) is 3. The van der Waals surface area contributed by atoms with Crippen LogP contribution in [0.5, 0.6) is 0 Å². The first-order valence-corrected chi connectivity index (χ1v) is 7.36. The highest BCUT2D eigenvalue weighted by Crippen LogP contribution is 2.33. The van der Waals surface area contributed by atoms with Gasteiger partial charge in [-0.3, -0.25) is 0 Å². The Morgan fingerprint density at radius 1 is 1.22 bits per heavy atom. The molecule has 0 aliphatic heterocycles. The molecule has 2 unspecified atom stereocenters. The Morgan fingerprint density at radius 2 is 1.89 bits per heavy atom. The normalized spacial score (nSPS) is 25.4. The van der Waals surface area contributed by atoms with Crippen LogP contribution < -0.4 is 0 Å². The van der Waals surface area contributed by atoms with E-state index in [0.717, 1.165) is 18.3 Å². The summed E-state index contributed by atoms with van der Waals surface area (Å²) in [5.41, 5.74) is -0.00194. The van der Waals surface area contributed by atoms with Crippen molar-refractivity contribution in [3.63, 3.8) is 0 Å². The van der Waals surface area contributed by atoms with Crippen molar-refractivity contribution in [3.8, 4) is 0 Å². The first-order valence-electron chi connectivity index (χ1n) is 6.99. The van der Waals surface area contributed by atoms with Crippen LogP contribution in [0.4, 0.5) is 0 Å². The van der Waals surface area contributed by atoms with Gasteiger partial charge in [-0.1, -0.05) is 47.0 Å². The van der Waals surface area contributed by atoms with Gasteiger partial charge in [0.2, 0.25) is 5.28 Å². The van der Waals surface area contributed by atoms with E-state index in [0.29, 0.717) is 11.2 Å². The lowest BCUT2D eigenvalue weighted by Gasteiger charge is -2.30. The number of halogens is 1. The van der Waals surface area contributed by atoms with Crippen molar-refractivity contribution in [1.82, 2.24) is 14.8 Å². The zero-order valence-electron chi connectivity index (χ0n) is 11.9. The van der Waals surface area contributed by atoms with E-state index in [1.54, 1.807) is 0 Å². The lowest BCUT2D eigenvalue weighted by molar-refractivity contribution is 0.224. The molecule has 1 saturated carbocycles. The van der Waals surface area contributed by atoms with Crippen molar-refractivity contribution in [2.24, 2.45) is 11.8 Å². The molecule has 18 heavy (non-hydrogen) atoms. The molecule has 1 aliphatic rings. The minimum absolute atomic E-state index is 0.00194. The van der Waals surface area contributed by atoms with Gasteiger partial charge < -0.3 is 4.57 Å². The summed E-state index contributed by atoms with van der Waals surface area (Å²) in [6.07, 6.45) is 5.37. The van der Waals surface area contributed by atoms with Crippen molar-refractivity contribution in [3.05, 3.63) is 11.1 Å². The molecule has 102 valence electrons. The van der Waals surface area contributed by atoms with E-state index >= 15 is 0 Å². The lowest BCUT2D eigenvalue weighted by atomic mass is 9.80. The zero-order chi connectivity index (χ0) is 13.3. The van der Waals surface area contributed by atoms with Crippen LogP contribution in [-0.2, 0) is 12.0 Å². The smallest absolute Gasteiger partial charge is 0.225 e. The summed E-state index contributed by atoms with van der Waals surface area (Å²) in [5.74, 6) is 2.50. The fraction of sp³-hybridized carbons (Fsp3) is 0.857. The molecule has 2 atom stereocenters. The van der Waals surface area contributed by atoms with Crippen molar-refractivity contribution in [2.45, 2.75) is 65.3 Å². The number of rotatable bonds is 2. The lowest BCUT2D eigenvalue weighted by Crippen LogP contribution is -2.26. The first-order chi connectivity index (χ1) is 8.39. The number of hydrogen-bond donors (Lipinski definition) is 0. The minimum atomic E-state index is -0.00194. The molecular formula is C14H24ClN3. The van der Waals surface area contributed by atoms with Crippen molar-refractivity contribution < 1.29 is 0 Å². The Labute approximate surface area is 115 Å². The van der Waals surface area contributed by atoms with Gasteiger partial charge in [0.1, 0.15) is 5.82 Å². The number of aromatic nitrogens is 3.